The van der Waals surface area contributed by atoms with Crippen LogP contribution in [0.3, 0.4) is 0 Å². The molecule has 1 aromatic carbocycles. The maximum Gasteiger partial charge on any atom is 0.227 e. The molecule has 1 aliphatic heterocycles. The molecule has 4 rings (SSSR count). The molecule has 1 heterocycles. The van der Waals surface area contributed by atoms with Crippen molar-refractivity contribution in [1.82, 2.24) is 10.2 Å². The van der Waals surface area contributed by atoms with Crippen LogP contribution in [0.15, 0.2) is 24.3 Å². The zero-order valence-electron chi connectivity index (χ0n) is 12.9. The molecular formula is C18H23ClN2O. The van der Waals surface area contributed by atoms with Gasteiger partial charge in [-0.3, -0.25) is 4.79 Å². The second-order valence-corrected chi connectivity index (χ2v) is 7.82. The Labute approximate surface area is 137 Å². The topological polar surface area (TPSA) is 32.3 Å². The second-order valence-electron chi connectivity index (χ2n) is 7.41. The number of nitrogens with one attached hydrogen (secondary N) is 1. The van der Waals surface area contributed by atoms with E-state index >= 15 is 0 Å². The summed E-state index contributed by atoms with van der Waals surface area (Å²) >= 11 is 6.27. The van der Waals surface area contributed by atoms with E-state index in [-0.39, 0.29) is 16.9 Å². The van der Waals surface area contributed by atoms with Crippen molar-refractivity contribution >= 4 is 17.5 Å². The normalized spacial score (nSPS) is 24.4. The zero-order chi connectivity index (χ0) is 15.2. The Bertz CT molecular complexity index is 589. The molecule has 0 bridgehead atoms. The van der Waals surface area contributed by atoms with E-state index in [1.54, 1.807) is 0 Å². The average molecular weight is 319 g/mol. The summed E-state index contributed by atoms with van der Waals surface area (Å²) in [6, 6.07) is 7.90. The van der Waals surface area contributed by atoms with E-state index in [1.165, 1.54) is 19.5 Å². The minimum absolute atomic E-state index is 0.0770. The second kappa shape index (κ2) is 5.24. The predicted molar refractivity (Wildman–Crippen MR) is 88.0 cm³/mol. The number of benzene rings is 1. The van der Waals surface area contributed by atoms with Crippen LogP contribution in [0.25, 0.3) is 0 Å². The summed E-state index contributed by atoms with van der Waals surface area (Å²) in [6.07, 6.45) is 6.33. The van der Waals surface area contributed by atoms with Gasteiger partial charge in [-0.05, 0) is 63.2 Å². The lowest BCUT2D eigenvalue weighted by Crippen LogP contribution is -2.51. The zero-order valence-corrected chi connectivity index (χ0v) is 13.7. The van der Waals surface area contributed by atoms with Crippen LogP contribution in [0, 0.1) is 5.41 Å². The van der Waals surface area contributed by atoms with Crippen LogP contribution < -0.4 is 5.32 Å². The van der Waals surface area contributed by atoms with E-state index in [9.17, 15) is 4.79 Å². The third-order valence-corrected chi connectivity index (χ3v) is 5.90. The molecule has 2 saturated carbocycles. The molecule has 3 aliphatic rings. The Morgan fingerprint density at radius 2 is 1.91 bits per heavy atom. The first kappa shape index (κ1) is 14.5. The first-order chi connectivity index (χ1) is 10.6. The third kappa shape index (κ3) is 2.77. The number of hydrogen-bond acceptors (Lipinski definition) is 2. The van der Waals surface area contributed by atoms with E-state index < -0.39 is 0 Å². The van der Waals surface area contributed by atoms with Gasteiger partial charge in [0, 0.05) is 11.6 Å². The third-order valence-electron chi connectivity index (χ3n) is 5.53. The largest absolute Gasteiger partial charge is 0.349 e. The van der Waals surface area contributed by atoms with Crippen LogP contribution in [0.2, 0.25) is 5.02 Å². The van der Waals surface area contributed by atoms with E-state index in [1.807, 2.05) is 24.3 Å². The van der Waals surface area contributed by atoms with Gasteiger partial charge in [0.2, 0.25) is 5.91 Å². The Kier molecular flexibility index (Phi) is 3.46. The molecule has 3 fully saturated rings. The molecule has 0 aromatic heterocycles. The van der Waals surface area contributed by atoms with Crippen LogP contribution in [0.1, 0.15) is 37.7 Å². The van der Waals surface area contributed by atoms with Crippen LogP contribution >= 0.6 is 11.6 Å². The molecule has 1 saturated heterocycles. The van der Waals surface area contributed by atoms with E-state index in [2.05, 4.69) is 10.2 Å². The Morgan fingerprint density at radius 1 is 1.18 bits per heavy atom. The SMILES string of the molecule is O=C(NC1(CN2CCC2)CC1)C1(Cc2ccccc2Cl)CC1. The van der Waals surface area contributed by atoms with E-state index in [0.717, 1.165) is 49.2 Å². The number of carbonyl (C=O) groups is 1. The lowest BCUT2D eigenvalue weighted by Gasteiger charge is -2.35. The smallest absolute Gasteiger partial charge is 0.227 e. The van der Waals surface area contributed by atoms with Gasteiger partial charge in [0.25, 0.3) is 0 Å². The van der Waals surface area contributed by atoms with Crippen molar-refractivity contribution in [1.29, 1.82) is 0 Å². The monoisotopic (exact) mass is 318 g/mol. The molecule has 1 aromatic rings. The van der Waals surface area contributed by atoms with E-state index in [4.69, 9.17) is 11.6 Å². The van der Waals surface area contributed by atoms with Crippen LogP contribution in [-0.4, -0.2) is 36.0 Å². The fourth-order valence-corrected chi connectivity index (χ4v) is 3.66. The van der Waals surface area contributed by atoms with Gasteiger partial charge < -0.3 is 10.2 Å². The van der Waals surface area contributed by atoms with Gasteiger partial charge >= 0.3 is 0 Å². The van der Waals surface area contributed by atoms with Gasteiger partial charge in [0.1, 0.15) is 0 Å². The maximum atomic E-state index is 12.8. The standard InChI is InChI=1S/C18H23ClN2O/c19-15-5-2-1-4-14(15)12-17(6-7-17)16(22)20-18(8-9-18)13-21-10-3-11-21/h1-2,4-5H,3,6-13H2,(H,20,22). The minimum Gasteiger partial charge on any atom is -0.349 e. The number of amides is 1. The molecule has 0 atom stereocenters. The number of rotatable bonds is 6. The van der Waals surface area contributed by atoms with Crippen molar-refractivity contribution in [2.75, 3.05) is 19.6 Å². The molecular weight excluding hydrogens is 296 g/mol. The minimum atomic E-state index is -0.199. The summed E-state index contributed by atoms with van der Waals surface area (Å²) in [4.78, 5) is 15.3. The summed E-state index contributed by atoms with van der Waals surface area (Å²) in [5.74, 6) is 0.255. The van der Waals surface area contributed by atoms with Crippen LogP contribution in [-0.2, 0) is 11.2 Å². The number of likely N-dealkylation sites (tertiary alicyclic amines) is 1. The Balaban J connectivity index is 1.40. The average Bonchev–Trinajstić information content (AvgIpc) is 3.35. The van der Waals surface area contributed by atoms with Crippen molar-refractivity contribution in [3.8, 4) is 0 Å². The first-order valence-electron chi connectivity index (χ1n) is 8.39. The molecule has 1 N–H and O–H groups in total. The molecule has 0 unspecified atom stereocenters. The molecule has 22 heavy (non-hydrogen) atoms. The van der Waals surface area contributed by atoms with Gasteiger partial charge in [0.05, 0.1) is 11.0 Å². The summed E-state index contributed by atoms with van der Waals surface area (Å²) in [6.45, 7) is 3.44. The summed E-state index contributed by atoms with van der Waals surface area (Å²) < 4.78 is 0. The highest BCUT2D eigenvalue weighted by Gasteiger charge is 2.54. The van der Waals surface area contributed by atoms with Crippen molar-refractivity contribution in [2.45, 2.75) is 44.1 Å². The number of hydrogen-bond donors (Lipinski definition) is 1. The quantitative estimate of drug-likeness (QED) is 0.874. The lowest BCUT2D eigenvalue weighted by atomic mass is 9.95. The fourth-order valence-electron chi connectivity index (χ4n) is 3.46. The molecule has 2 aliphatic carbocycles. The van der Waals surface area contributed by atoms with Crippen LogP contribution in [0.5, 0.6) is 0 Å². The Morgan fingerprint density at radius 3 is 2.45 bits per heavy atom. The highest BCUT2D eigenvalue weighted by atomic mass is 35.5. The Hall–Kier alpha value is -1.06. The number of nitrogens with zero attached hydrogens (tertiary/aromatic N) is 1. The number of halogens is 1. The van der Waals surface area contributed by atoms with Crippen molar-refractivity contribution in [3.63, 3.8) is 0 Å². The molecule has 0 radical (unpaired) electrons. The molecule has 118 valence electrons. The van der Waals surface area contributed by atoms with Crippen LogP contribution in [0.4, 0.5) is 0 Å². The molecule has 4 heteroatoms. The predicted octanol–water partition coefficient (Wildman–Crippen LogP) is 3.02. The summed E-state index contributed by atoms with van der Waals surface area (Å²) in [5.41, 5.74) is 0.979. The van der Waals surface area contributed by atoms with E-state index in [0.29, 0.717) is 0 Å². The van der Waals surface area contributed by atoms with Gasteiger partial charge in [0.15, 0.2) is 0 Å². The van der Waals surface area contributed by atoms with Gasteiger partial charge in [-0.1, -0.05) is 29.8 Å². The highest BCUT2D eigenvalue weighted by molar-refractivity contribution is 6.31. The summed E-state index contributed by atoms with van der Waals surface area (Å²) in [7, 11) is 0. The molecule has 3 nitrogen and oxygen atoms in total. The lowest BCUT2D eigenvalue weighted by molar-refractivity contribution is -0.127. The van der Waals surface area contributed by atoms with Gasteiger partial charge in [-0.25, -0.2) is 0 Å². The fraction of sp³-hybridized carbons (Fsp3) is 0.611. The molecule has 1 amide bonds. The van der Waals surface area contributed by atoms with Crippen molar-refractivity contribution in [2.24, 2.45) is 5.41 Å². The maximum absolute atomic E-state index is 12.8. The molecule has 0 spiro atoms. The van der Waals surface area contributed by atoms with Gasteiger partial charge in [-0.15, -0.1) is 0 Å². The first-order valence-corrected chi connectivity index (χ1v) is 8.77. The van der Waals surface area contributed by atoms with Gasteiger partial charge in [-0.2, -0.15) is 0 Å². The summed E-state index contributed by atoms with van der Waals surface area (Å²) in [5, 5.41) is 4.17. The van der Waals surface area contributed by atoms with Crippen molar-refractivity contribution in [3.05, 3.63) is 34.9 Å². The number of carbonyl (C=O) groups excluding carboxylic acids is 1. The highest BCUT2D eigenvalue weighted by Crippen LogP contribution is 2.50. The van der Waals surface area contributed by atoms with Crippen molar-refractivity contribution < 1.29 is 4.79 Å².